The van der Waals surface area contributed by atoms with Crippen molar-refractivity contribution in [2.45, 2.75) is 32.8 Å². The van der Waals surface area contributed by atoms with E-state index >= 15 is 0 Å². The summed E-state index contributed by atoms with van der Waals surface area (Å²) in [6.07, 6.45) is 0.568. The van der Waals surface area contributed by atoms with E-state index in [1.807, 2.05) is 20.8 Å². The van der Waals surface area contributed by atoms with Gasteiger partial charge < -0.3 is 4.74 Å². The number of rotatable bonds is 3. The van der Waals surface area contributed by atoms with E-state index < -0.39 is 5.60 Å². The Morgan fingerprint density at radius 2 is 2.13 bits per heavy atom. The lowest BCUT2D eigenvalue weighted by Crippen LogP contribution is -2.22. The zero-order valence-corrected chi connectivity index (χ0v) is 11.0. The lowest BCUT2D eigenvalue weighted by Gasteiger charge is -2.24. The Morgan fingerprint density at radius 3 is 2.60 bits per heavy atom. The van der Waals surface area contributed by atoms with E-state index in [1.54, 1.807) is 13.2 Å². The third-order valence-corrected chi connectivity index (χ3v) is 2.90. The van der Waals surface area contributed by atoms with Gasteiger partial charge in [0.15, 0.2) is 5.82 Å². The molecule has 84 valence electrons. The summed E-state index contributed by atoms with van der Waals surface area (Å²) in [5.74, 6) is -0.271. The first-order valence-corrected chi connectivity index (χ1v) is 5.62. The highest BCUT2D eigenvalue weighted by molar-refractivity contribution is 9.10. The number of halogens is 2. The van der Waals surface area contributed by atoms with Crippen LogP contribution in [0.3, 0.4) is 0 Å². The molecule has 0 aliphatic heterocycles. The van der Waals surface area contributed by atoms with Crippen molar-refractivity contribution in [3.8, 4) is 0 Å². The molecule has 0 N–H and O–H groups in total. The van der Waals surface area contributed by atoms with E-state index in [4.69, 9.17) is 4.74 Å². The molecule has 1 aromatic heterocycles. The maximum atomic E-state index is 14.0. The van der Waals surface area contributed by atoms with Gasteiger partial charge in [0.05, 0.1) is 11.3 Å². The molecule has 0 atom stereocenters. The summed E-state index contributed by atoms with van der Waals surface area (Å²) in [5, 5.41) is 0. The molecule has 2 nitrogen and oxygen atoms in total. The Balaban J connectivity index is 3.35. The predicted octanol–water partition coefficient (Wildman–Crippen LogP) is 3.43. The Morgan fingerprint density at radius 1 is 1.53 bits per heavy atom. The molecule has 4 heteroatoms. The van der Waals surface area contributed by atoms with E-state index in [0.717, 1.165) is 0 Å². The van der Waals surface area contributed by atoms with Crippen LogP contribution >= 0.6 is 15.9 Å². The minimum Gasteiger partial charge on any atom is -0.374 e. The molecule has 0 fully saturated rings. The van der Waals surface area contributed by atoms with Gasteiger partial charge in [-0.25, -0.2) is 9.37 Å². The van der Waals surface area contributed by atoms with Gasteiger partial charge in [-0.2, -0.15) is 0 Å². The van der Waals surface area contributed by atoms with Crippen molar-refractivity contribution in [1.29, 1.82) is 0 Å². The second-order valence-electron chi connectivity index (χ2n) is 3.82. The molecule has 0 saturated carbocycles. The van der Waals surface area contributed by atoms with Crippen LogP contribution in [0.4, 0.5) is 4.39 Å². The second-order valence-corrected chi connectivity index (χ2v) is 4.63. The number of nitrogens with zero attached hydrogens (tertiary/aromatic N) is 1. The van der Waals surface area contributed by atoms with Crippen LogP contribution in [0.2, 0.25) is 0 Å². The Kier molecular flexibility index (Phi) is 3.84. The van der Waals surface area contributed by atoms with Crippen molar-refractivity contribution < 1.29 is 9.13 Å². The summed E-state index contributed by atoms with van der Waals surface area (Å²) in [4.78, 5) is 4.09. The summed E-state index contributed by atoms with van der Waals surface area (Å²) in [5.41, 5.74) is 0.354. The van der Waals surface area contributed by atoms with Gasteiger partial charge in [-0.15, -0.1) is 0 Å². The number of pyridine rings is 1. The van der Waals surface area contributed by atoms with Gasteiger partial charge in [-0.05, 0) is 42.3 Å². The fourth-order valence-electron chi connectivity index (χ4n) is 1.33. The van der Waals surface area contributed by atoms with Gasteiger partial charge in [0.2, 0.25) is 0 Å². The number of ether oxygens (including phenoxy) is 1. The Hall–Kier alpha value is -0.480. The molecule has 0 aromatic carbocycles. The molecule has 1 heterocycles. The molecule has 15 heavy (non-hydrogen) atoms. The Bertz CT molecular complexity index is 366. The zero-order valence-electron chi connectivity index (χ0n) is 9.40. The quantitative estimate of drug-likeness (QED) is 0.789. The monoisotopic (exact) mass is 275 g/mol. The van der Waals surface area contributed by atoms with Crippen molar-refractivity contribution in [2.24, 2.45) is 0 Å². The van der Waals surface area contributed by atoms with Crippen molar-refractivity contribution in [1.82, 2.24) is 4.98 Å². The average molecular weight is 276 g/mol. The third-order valence-electron chi connectivity index (χ3n) is 2.49. The SMILES string of the molecule is CCc1nc(Br)cc(C(C)(C)OC)c1F. The summed E-state index contributed by atoms with van der Waals surface area (Å²) in [7, 11) is 1.57. The predicted molar refractivity (Wildman–Crippen MR) is 61.3 cm³/mol. The Labute approximate surface area is 98.0 Å². The first kappa shape index (κ1) is 12.6. The fourth-order valence-corrected chi connectivity index (χ4v) is 1.77. The van der Waals surface area contributed by atoms with Crippen molar-refractivity contribution in [2.75, 3.05) is 7.11 Å². The smallest absolute Gasteiger partial charge is 0.150 e. The molecule has 0 aliphatic carbocycles. The normalized spacial score (nSPS) is 11.9. The lowest BCUT2D eigenvalue weighted by atomic mass is 9.97. The van der Waals surface area contributed by atoms with E-state index in [1.165, 1.54) is 0 Å². The standard InChI is InChI=1S/C11H15BrFNO/c1-5-8-10(13)7(6-9(12)14-8)11(2,3)15-4/h6H,5H2,1-4H3. The second kappa shape index (κ2) is 4.58. The first-order chi connectivity index (χ1) is 6.92. The number of methoxy groups -OCH3 is 1. The highest BCUT2D eigenvalue weighted by atomic mass is 79.9. The minimum absolute atomic E-state index is 0.271. The van der Waals surface area contributed by atoms with Crippen LogP contribution in [0.5, 0.6) is 0 Å². The van der Waals surface area contributed by atoms with Crippen LogP contribution in [-0.2, 0) is 16.8 Å². The molecule has 1 rings (SSSR count). The molecular weight excluding hydrogens is 261 g/mol. The molecular formula is C11H15BrFNO. The first-order valence-electron chi connectivity index (χ1n) is 4.83. The highest BCUT2D eigenvalue weighted by Gasteiger charge is 2.26. The molecule has 0 bridgehead atoms. The molecule has 0 radical (unpaired) electrons. The lowest BCUT2D eigenvalue weighted by molar-refractivity contribution is 0.0159. The van der Waals surface area contributed by atoms with Crippen molar-refractivity contribution in [3.05, 3.63) is 27.7 Å². The van der Waals surface area contributed by atoms with Gasteiger partial charge in [0.25, 0.3) is 0 Å². The van der Waals surface area contributed by atoms with Gasteiger partial charge in [-0.3, -0.25) is 0 Å². The molecule has 0 spiro atoms. The van der Waals surface area contributed by atoms with Crippen LogP contribution in [0.25, 0.3) is 0 Å². The molecule has 0 aliphatic rings. The van der Waals surface area contributed by atoms with E-state index in [2.05, 4.69) is 20.9 Å². The van der Waals surface area contributed by atoms with Crippen LogP contribution in [0, 0.1) is 5.82 Å². The number of aromatic nitrogens is 1. The van der Waals surface area contributed by atoms with Gasteiger partial charge >= 0.3 is 0 Å². The van der Waals surface area contributed by atoms with Gasteiger partial charge in [-0.1, -0.05) is 6.92 Å². The number of hydrogen-bond donors (Lipinski definition) is 0. The minimum atomic E-state index is -0.639. The van der Waals surface area contributed by atoms with Crippen molar-refractivity contribution in [3.63, 3.8) is 0 Å². The summed E-state index contributed by atoms with van der Waals surface area (Å²) < 4.78 is 19.9. The molecule has 1 aromatic rings. The average Bonchev–Trinajstić information content (AvgIpc) is 2.20. The van der Waals surface area contributed by atoms with Crippen LogP contribution in [-0.4, -0.2) is 12.1 Å². The van der Waals surface area contributed by atoms with E-state index in [0.29, 0.717) is 22.3 Å². The van der Waals surface area contributed by atoms with Crippen LogP contribution < -0.4 is 0 Å². The molecule has 0 unspecified atom stereocenters. The maximum Gasteiger partial charge on any atom is 0.150 e. The highest BCUT2D eigenvalue weighted by Crippen LogP contribution is 2.29. The van der Waals surface area contributed by atoms with Crippen LogP contribution in [0.15, 0.2) is 10.7 Å². The fraction of sp³-hybridized carbons (Fsp3) is 0.545. The third kappa shape index (κ3) is 2.55. The summed E-state index contributed by atoms with van der Waals surface area (Å²) in [6, 6.07) is 1.66. The summed E-state index contributed by atoms with van der Waals surface area (Å²) >= 11 is 3.28. The zero-order chi connectivity index (χ0) is 11.6. The van der Waals surface area contributed by atoms with E-state index in [-0.39, 0.29) is 5.82 Å². The maximum absolute atomic E-state index is 14.0. The largest absolute Gasteiger partial charge is 0.374 e. The van der Waals surface area contributed by atoms with Crippen LogP contribution in [0.1, 0.15) is 32.0 Å². The number of hydrogen-bond acceptors (Lipinski definition) is 2. The van der Waals surface area contributed by atoms with Gasteiger partial charge in [0.1, 0.15) is 4.60 Å². The van der Waals surface area contributed by atoms with E-state index in [9.17, 15) is 4.39 Å². The molecule has 0 saturated heterocycles. The van der Waals surface area contributed by atoms with Crippen molar-refractivity contribution >= 4 is 15.9 Å². The topological polar surface area (TPSA) is 22.1 Å². The molecule has 0 amide bonds. The summed E-state index contributed by atoms with van der Waals surface area (Å²) in [6.45, 7) is 5.54. The number of aryl methyl sites for hydroxylation is 1. The van der Waals surface area contributed by atoms with Gasteiger partial charge in [0, 0.05) is 12.7 Å².